The molecule has 0 atom stereocenters. The van der Waals surface area contributed by atoms with Crippen molar-refractivity contribution in [1.82, 2.24) is 0 Å². The summed E-state index contributed by atoms with van der Waals surface area (Å²) >= 11 is 6.60. The van der Waals surface area contributed by atoms with Gasteiger partial charge in [-0.25, -0.2) is 4.85 Å². The maximum Gasteiger partial charge on any atom is 0.187 e. The number of benzene rings is 3. The Bertz CT molecular complexity index is 852. The molecule has 0 N–H and O–H groups in total. The van der Waals surface area contributed by atoms with E-state index in [1.54, 1.807) is 24.3 Å². The van der Waals surface area contributed by atoms with Crippen molar-refractivity contribution in [3.8, 4) is 28.3 Å². The molecule has 108 valence electrons. The van der Waals surface area contributed by atoms with Crippen LogP contribution in [0.2, 0.25) is 5.02 Å². The molecule has 23 heavy (non-hydrogen) atoms. The van der Waals surface area contributed by atoms with E-state index in [4.69, 9.17) is 23.4 Å². The highest BCUT2D eigenvalue weighted by atomic mass is 35.5. The standard InChI is InChI=1S/C20H11ClN2/c1-23-17-11-9-16(10-12-17)19-4-2-3-18(20(19)21)15-7-5-14(13-22)6-8-15/h2-12H. The van der Waals surface area contributed by atoms with Crippen molar-refractivity contribution < 1.29 is 0 Å². The third-order valence-corrected chi connectivity index (χ3v) is 4.04. The van der Waals surface area contributed by atoms with Gasteiger partial charge >= 0.3 is 0 Å². The van der Waals surface area contributed by atoms with Gasteiger partial charge in [-0.3, -0.25) is 0 Å². The van der Waals surface area contributed by atoms with Gasteiger partial charge in [0.15, 0.2) is 5.69 Å². The third-order valence-electron chi connectivity index (χ3n) is 3.63. The second-order valence-electron chi connectivity index (χ2n) is 5.01. The quantitative estimate of drug-likeness (QED) is 0.525. The fraction of sp³-hybridized carbons (Fsp3) is 0. The van der Waals surface area contributed by atoms with Crippen LogP contribution in [0.25, 0.3) is 27.1 Å². The fourth-order valence-corrected chi connectivity index (χ4v) is 2.76. The van der Waals surface area contributed by atoms with E-state index in [0.29, 0.717) is 16.3 Å². The monoisotopic (exact) mass is 314 g/mol. The van der Waals surface area contributed by atoms with Crippen LogP contribution in [0.1, 0.15) is 5.56 Å². The van der Waals surface area contributed by atoms with Crippen LogP contribution in [0, 0.1) is 17.9 Å². The van der Waals surface area contributed by atoms with E-state index < -0.39 is 0 Å². The number of nitrogens with zero attached hydrogens (tertiary/aromatic N) is 2. The minimum Gasteiger partial charge on any atom is -0.238 e. The van der Waals surface area contributed by atoms with Gasteiger partial charge in [0.2, 0.25) is 0 Å². The van der Waals surface area contributed by atoms with Gasteiger partial charge in [0, 0.05) is 11.1 Å². The Hall–Kier alpha value is -3.07. The van der Waals surface area contributed by atoms with Gasteiger partial charge in [0.05, 0.1) is 23.2 Å². The molecule has 0 saturated heterocycles. The van der Waals surface area contributed by atoms with Crippen molar-refractivity contribution in [2.24, 2.45) is 0 Å². The molecule has 0 radical (unpaired) electrons. The Labute approximate surface area is 140 Å². The van der Waals surface area contributed by atoms with Gasteiger partial charge < -0.3 is 0 Å². The molecule has 2 nitrogen and oxygen atoms in total. The van der Waals surface area contributed by atoms with Gasteiger partial charge in [-0.15, -0.1) is 0 Å². The number of hydrogen-bond donors (Lipinski definition) is 0. The summed E-state index contributed by atoms with van der Waals surface area (Å²) in [6.07, 6.45) is 0. The normalized spacial score (nSPS) is 9.87. The Morgan fingerprint density at radius 1 is 0.826 bits per heavy atom. The minimum atomic E-state index is 0.605. The molecule has 0 unspecified atom stereocenters. The van der Waals surface area contributed by atoms with E-state index >= 15 is 0 Å². The van der Waals surface area contributed by atoms with Crippen LogP contribution in [0.4, 0.5) is 5.69 Å². The van der Waals surface area contributed by atoms with Crippen molar-refractivity contribution >= 4 is 17.3 Å². The molecule has 0 fully saturated rings. The summed E-state index contributed by atoms with van der Waals surface area (Å²) < 4.78 is 0. The molecule has 0 spiro atoms. The van der Waals surface area contributed by atoms with Gasteiger partial charge in [-0.2, -0.15) is 5.26 Å². The Kier molecular flexibility index (Phi) is 4.11. The molecule has 0 aromatic heterocycles. The maximum absolute atomic E-state index is 8.89. The molecule has 0 amide bonds. The molecular weight excluding hydrogens is 304 g/mol. The molecule has 0 aliphatic rings. The van der Waals surface area contributed by atoms with Gasteiger partial charge in [0.1, 0.15) is 0 Å². The molecule has 0 aliphatic carbocycles. The lowest BCUT2D eigenvalue weighted by atomic mass is 9.98. The van der Waals surface area contributed by atoms with Crippen LogP contribution >= 0.6 is 11.6 Å². The topological polar surface area (TPSA) is 28.1 Å². The number of hydrogen-bond acceptors (Lipinski definition) is 1. The number of halogens is 1. The van der Waals surface area contributed by atoms with E-state index in [9.17, 15) is 0 Å². The molecule has 3 heteroatoms. The minimum absolute atomic E-state index is 0.605. The molecule has 0 bridgehead atoms. The van der Waals surface area contributed by atoms with Crippen molar-refractivity contribution in [2.75, 3.05) is 0 Å². The van der Waals surface area contributed by atoms with Crippen LogP contribution in [0.15, 0.2) is 66.7 Å². The first kappa shape index (κ1) is 14.9. The summed E-state index contributed by atoms with van der Waals surface area (Å²) in [7, 11) is 0. The van der Waals surface area contributed by atoms with Crippen LogP contribution in [0.3, 0.4) is 0 Å². The molecule has 0 heterocycles. The smallest absolute Gasteiger partial charge is 0.187 e. The van der Waals surface area contributed by atoms with Crippen molar-refractivity contribution in [3.05, 3.63) is 88.7 Å². The summed E-state index contributed by atoms with van der Waals surface area (Å²) in [5.41, 5.74) is 5.00. The zero-order valence-corrected chi connectivity index (χ0v) is 12.9. The first-order valence-electron chi connectivity index (χ1n) is 7.00. The van der Waals surface area contributed by atoms with E-state index in [-0.39, 0.29) is 0 Å². The van der Waals surface area contributed by atoms with Gasteiger partial charge in [-0.05, 0) is 23.3 Å². The lowest BCUT2D eigenvalue weighted by Crippen LogP contribution is -1.85. The summed E-state index contributed by atoms with van der Waals surface area (Å²) in [6.45, 7) is 7.02. The second-order valence-corrected chi connectivity index (χ2v) is 5.39. The maximum atomic E-state index is 8.89. The molecule has 0 saturated carbocycles. The highest BCUT2D eigenvalue weighted by Crippen LogP contribution is 2.36. The summed E-state index contributed by atoms with van der Waals surface area (Å²) in [4.78, 5) is 3.40. The molecule has 3 aromatic carbocycles. The fourth-order valence-electron chi connectivity index (χ4n) is 2.42. The zero-order valence-electron chi connectivity index (χ0n) is 12.1. The lowest BCUT2D eigenvalue weighted by Gasteiger charge is -2.10. The van der Waals surface area contributed by atoms with Crippen LogP contribution in [-0.2, 0) is 0 Å². The summed E-state index contributed by atoms with van der Waals surface area (Å²) in [6, 6.07) is 22.7. The first-order chi connectivity index (χ1) is 11.2. The van der Waals surface area contributed by atoms with E-state index in [2.05, 4.69) is 10.9 Å². The first-order valence-corrected chi connectivity index (χ1v) is 7.37. The Morgan fingerprint density at radius 2 is 1.35 bits per heavy atom. The predicted molar refractivity (Wildman–Crippen MR) is 93.3 cm³/mol. The molecule has 3 rings (SSSR count). The Morgan fingerprint density at radius 3 is 1.83 bits per heavy atom. The van der Waals surface area contributed by atoms with Crippen molar-refractivity contribution in [3.63, 3.8) is 0 Å². The average Bonchev–Trinajstić information content (AvgIpc) is 2.62. The summed E-state index contributed by atoms with van der Waals surface area (Å²) in [5, 5.41) is 9.55. The molecular formula is C20H11ClN2. The third kappa shape index (κ3) is 2.94. The number of nitriles is 1. The average molecular weight is 315 g/mol. The molecule has 0 aliphatic heterocycles. The van der Waals surface area contributed by atoms with Crippen LogP contribution in [0.5, 0.6) is 0 Å². The highest BCUT2D eigenvalue weighted by Gasteiger charge is 2.10. The van der Waals surface area contributed by atoms with E-state index in [1.807, 2.05) is 42.5 Å². The highest BCUT2D eigenvalue weighted by molar-refractivity contribution is 6.36. The van der Waals surface area contributed by atoms with E-state index in [1.165, 1.54) is 0 Å². The number of rotatable bonds is 2. The van der Waals surface area contributed by atoms with Crippen molar-refractivity contribution in [1.29, 1.82) is 5.26 Å². The predicted octanol–water partition coefficient (Wildman–Crippen LogP) is 6.10. The van der Waals surface area contributed by atoms with Crippen LogP contribution in [-0.4, -0.2) is 0 Å². The largest absolute Gasteiger partial charge is 0.238 e. The van der Waals surface area contributed by atoms with Crippen LogP contribution < -0.4 is 0 Å². The van der Waals surface area contributed by atoms with Crippen molar-refractivity contribution in [2.45, 2.75) is 0 Å². The lowest BCUT2D eigenvalue weighted by molar-refractivity contribution is 1.48. The van der Waals surface area contributed by atoms with E-state index in [0.717, 1.165) is 22.3 Å². The van der Waals surface area contributed by atoms with Gasteiger partial charge in [-0.1, -0.05) is 66.2 Å². The zero-order chi connectivity index (χ0) is 16.2. The summed E-state index contributed by atoms with van der Waals surface area (Å²) in [5.74, 6) is 0. The SMILES string of the molecule is [C-]#[N+]c1ccc(-c2cccc(-c3ccc(C#N)cc3)c2Cl)cc1. The molecule has 3 aromatic rings. The van der Waals surface area contributed by atoms with Gasteiger partial charge in [0.25, 0.3) is 0 Å². The Balaban J connectivity index is 2.07. The second kappa shape index (κ2) is 6.36.